The number of hydrogen-bond donors (Lipinski definition) is 0. The molecule has 25 heavy (non-hydrogen) atoms. The van der Waals surface area contributed by atoms with E-state index in [4.69, 9.17) is 9.47 Å². The van der Waals surface area contributed by atoms with Gasteiger partial charge >= 0.3 is 0 Å². The Morgan fingerprint density at radius 2 is 2.00 bits per heavy atom. The van der Waals surface area contributed by atoms with E-state index < -0.39 is 0 Å². The van der Waals surface area contributed by atoms with Gasteiger partial charge in [0.1, 0.15) is 11.5 Å². The maximum absolute atomic E-state index is 12.8. The first kappa shape index (κ1) is 17.6. The van der Waals surface area contributed by atoms with E-state index in [2.05, 4.69) is 6.92 Å². The van der Waals surface area contributed by atoms with Crippen molar-refractivity contribution in [1.29, 1.82) is 0 Å². The van der Waals surface area contributed by atoms with Crippen molar-refractivity contribution in [2.45, 2.75) is 26.2 Å². The molecule has 2 heterocycles. The third kappa shape index (κ3) is 3.57. The minimum Gasteiger partial charge on any atom is -0.497 e. The number of piperidine rings is 1. The SMILES string of the molecule is COc1ccc(OC)c(N2CC(C(=O)N3CCCC(C)C3)CC2=O)c1. The van der Waals surface area contributed by atoms with Crippen LogP contribution < -0.4 is 14.4 Å². The van der Waals surface area contributed by atoms with Crippen LogP contribution >= 0.6 is 0 Å². The normalized spacial score (nSPS) is 23.7. The molecule has 2 amide bonds. The zero-order valence-electron chi connectivity index (χ0n) is 15.2. The quantitative estimate of drug-likeness (QED) is 0.839. The fraction of sp³-hybridized carbons (Fsp3) is 0.579. The van der Waals surface area contributed by atoms with Gasteiger partial charge in [0.05, 0.1) is 25.8 Å². The number of benzene rings is 1. The smallest absolute Gasteiger partial charge is 0.228 e. The summed E-state index contributed by atoms with van der Waals surface area (Å²) in [5, 5.41) is 0. The molecule has 6 nitrogen and oxygen atoms in total. The fourth-order valence-corrected chi connectivity index (χ4v) is 3.76. The Morgan fingerprint density at radius 1 is 1.20 bits per heavy atom. The van der Waals surface area contributed by atoms with E-state index in [1.807, 2.05) is 4.90 Å². The molecule has 0 aromatic heterocycles. The topological polar surface area (TPSA) is 59.1 Å². The molecule has 0 bridgehead atoms. The number of hydrogen-bond acceptors (Lipinski definition) is 4. The minimum absolute atomic E-state index is 0.0463. The molecule has 136 valence electrons. The molecule has 0 saturated carbocycles. The van der Waals surface area contributed by atoms with Gasteiger partial charge in [-0.05, 0) is 30.9 Å². The first-order chi connectivity index (χ1) is 12.0. The first-order valence-electron chi connectivity index (χ1n) is 8.84. The van der Waals surface area contributed by atoms with E-state index in [1.54, 1.807) is 37.3 Å². The van der Waals surface area contributed by atoms with Crippen LogP contribution in [-0.4, -0.2) is 50.6 Å². The van der Waals surface area contributed by atoms with E-state index in [0.717, 1.165) is 19.5 Å². The van der Waals surface area contributed by atoms with Crippen LogP contribution in [0.5, 0.6) is 11.5 Å². The van der Waals surface area contributed by atoms with E-state index in [1.165, 1.54) is 6.42 Å². The highest BCUT2D eigenvalue weighted by molar-refractivity contribution is 6.01. The predicted molar refractivity (Wildman–Crippen MR) is 95.0 cm³/mol. The fourth-order valence-electron chi connectivity index (χ4n) is 3.76. The number of rotatable bonds is 4. The van der Waals surface area contributed by atoms with Crippen LogP contribution in [0.25, 0.3) is 0 Å². The Bertz CT molecular complexity index is 661. The summed E-state index contributed by atoms with van der Waals surface area (Å²) in [6, 6.07) is 5.36. The molecule has 2 atom stereocenters. The van der Waals surface area contributed by atoms with Crippen LogP contribution in [0.2, 0.25) is 0 Å². The van der Waals surface area contributed by atoms with Crippen LogP contribution in [0.15, 0.2) is 18.2 Å². The van der Waals surface area contributed by atoms with Gasteiger partial charge < -0.3 is 19.3 Å². The van der Waals surface area contributed by atoms with Crippen molar-refractivity contribution in [3.8, 4) is 11.5 Å². The van der Waals surface area contributed by atoms with Crippen molar-refractivity contribution in [3.63, 3.8) is 0 Å². The molecule has 2 saturated heterocycles. The largest absolute Gasteiger partial charge is 0.497 e. The molecule has 0 radical (unpaired) electrons. The Morgan fingerprint density at radius 3 is 2.68 bits per heavy atom. The van der Waals surface area contributed by atoms with Crippen molar-refractivity contribution in [2.24, 2.45) is 11.8 Å². The molecule has 3 rings (SSSR count). The van der Waals surface area contributed by atoms with Crippen LogP contribution in [0.3, 0.4) is 0 Å². The molecule has 2 unspecified atom stereocenters. The number of likely N-dealkylation sites (tertiary alicyclic amines) is 1. The summed E-state index contributed by atoms with van der Waals surface area (Å²) in [6.07, 6.45) is 2.46. The number of ether oxygens (including phenoxy) is 2. The molecule has 1 aromatic carbocycles. The molecule has 1 aromatic rings. The molecular formula is C19H26N2O4. The van der Waals surface area contributed by atoms with Crippen LogP contribution in [0.1, 0.15) is 26.2 Å². The molecule has 6 heteroatoms. The van der Waals surface area contributed by atoms with Gasteiger partial charge in [-0.2, -0.15) is 0 Å². The summed E-state index contributed by atoms with van der Waals surface area (Å²) >= 11 is 0. The van der Waals surface area contributed by atoms with Crippen LogP contribution in [0, 0.1) is 11.8 Å². The van der Waals surface area contributed by atoms with Crippen molar-refractivity contribution in [1.82, 2.24) is 4.90 Å². The third-order valence-electron chi connectivity index (χ3n) is 5.12. The lowest BCUT2D eigenvalue weighted by atomic mass is 9.98. The van der Waals surface area contributed by atoms with E-state index in [9.17, 15) is 9.59 Å². The second-order valence-electron chi connectivity index (χ2n) is 6.97. The number of anilines is 1. The van der Waals surface area contributed by atoms with Crippen LogP contribution in [-0.2, 0) is 9.59 Å². The second kappa shape index (κ2) is 7.33. The zero-order chi connectivity index (χ0) is 18.0. The van der Waals surface area contributed by atoms with Gasteiger partial charge in [0.15, 0.2) is 0 Å². The molecule has 0 aliphatic carbocycles. The number of carbonyl (C=O) groups is 2. The van der Waals surface area contributed by atoms with Gasteiger partial charge in [-0.25, -0.2) is 0 Å². The van der Waals surface area contributed by atoms with E-state index in [0.29, 0.717) is 29.6 Å². The van der Waals surface area contributed by atoms with Crippen LogP contribution in [0.4, 0.5) is 5.69 Å². The molecule has 0 spiro atoms. The first-order valence-corrected chi connectivity index (χ1v) is 8.84. The maximum Gasteiger partial charge on any atom is 0.228 e. The summed E-state index contributed by atoms with van der Waals surface area (Å²) in [4.78, 5) is 29.0. The van der Waals surface area contributed by atoms with Gasteiger partial charge in [0.25, 0.3) is 0 Å². The molecule has 2 aliphatic rings. The van der Waals surface area contributed by atoms with Gasteiger partial charge in [0, 0.05) is 32.1 Å². The lowest BCUT2D eigenvalue weighted by Gasteiger charge is -2.32. The summed E-state index contributed by atoms with van der Waals surface area (Å²) in [7, 11) is 3.16. The third-order valence-corrected chi connectivity index (χ3v) is 5.12. The molecule has 2 fully saturated rings. The van der Waals surface area contributed by atoms with Gasteiger partial charge in [0.2, 0.25) is 11.8 Å². The average molecular weight is 346 g/mol. The summed E-state index contributed by atoms with van der Waals surface area (Å²) in [5.74, 6) is 1.56. The highest BCUT2D eigenvalue weighted by Crippen LogP contribution is 2.36. The zero-order valence-corrected chi connectivity index (χ0v) is 15.2. The Balaban J connectivity index is 1.77. The van der Waals surface area contributed by atoms with Crippen molar-refractivity contribution in [3.05, 3.63) is 18.2 Å². The van der Waals surface area contributed by atoms with Crippen molar-refractivity contribution >= 4 is 17.5 Å². The van der Waals surface area contributed by atoms with E-state index >= 15 is 0 Å². The van der Waals surface area contributed by atoms with Crippen molar-refractivity contribution < 1.29 is 19.1 Å². The standard InChI is InChI=1S/C19H26N2O4/c1-13-5-4-8-20(11-13)19(23)14-9-18(22)21(12-14)16-10-15(24-2)6-7-17(16)25-3/h6-7,10,13-14H,4-5,8-9,11-12H2,1-3H3. The molecule has 2 aliphatic heterocycles. The Hall–Kier alpha value is -2.24. The number of amides is 2. The summed E-state index contributed by atoms with van der Waals surface area (Å²) in [6.45, 7) is 4.17. The molecular weight excluding hydrogens is 320 g/mol. The summed E-state index contributed by atoms with van der Waals surface area (Å²) in [5.41, 5.74) is 0.661. The second-order valence-corrected chi connectivity index (χ2v) is 6.97. The predicted octanol–water partition coefficient (Wildman–Crippen LogP) is 2.32. The summed E-state index contributed by atoms with van der Waals surface area (Å²) < 4.78 is 10.6. The highest BCUT2D eigenvalue weighted by atomic mass is 16.5. The molecule has 0 N–H and O–H groups in total. The monoisotopic (exact) mass is 346 g/mol. The Kier molecular flexibility index (Phi) is 5.16. The lowest BCUT2D eigenvalue weighted by molar-refractivity contribution is -0.137. The highest BCUT2D eigenvalue weighted by Gasteiger charge is 2.39. The van der Waals surface area contributed by atoms with Gasteiger partial charge in [-0.3, -0.25) is 9.59 Å². The Labute approximate surface area is 148 Å². The number of nitrogens with zero attached hydrogens (tertiary/aromatic N) is 2. The van der Waals surface area contributed by atoms with E-state index in [-0.39, 0.29) is 24.2 Å². The lowest BCUT2D eigenvalue weighted by Crippen LogP contribution is -2.43. The van der Waals surface area contributed by atoms with Gasteiger partial charge in [-0.1, -0.05) is 6.92 Å². The van der Waals surface area contributed by atoms with Crippen molar-refractivity contribution in [2.75, 3.05) is 38.8 Å². The maximum atomic E-state index is 12.8. The number of methoxy groups -OCH3 is 2. The van der Waals surface area contributed by atoms with Gasteiger partial charge in [-0.15, -0.1) is 0 Å². The number of carbonyl (C=O) groups excluding carboxylic acids is 2. The average Bonchev–Trinajstić information content (AvgIpc) is 3.02. The minimum atomic E-state index is -0.284.